The first-order chi connectivity index (χ1) is 8.99. The predicted octanol–water partition coefficient (Wildman–Crippen LogP) is 0.879. The molecule has 1 aromatic heterocycles. The highest BCUT2D eigenvalue weighted by molar-refractivity contribution is 8.13. The van der Waals surface area contributed by atoms with Crippen LogP contribution in [0.4, 0.5) is 17.1 Å². The summed E-state index contributed by atoms with van der Waals surface area (Å²) in [4.78, 5) is 28.5. The minimum Gasteiger partial charge on any atom is -0.396 e. The molecule has 0 radical (unpaired) electrons. The molecular weight excluding hydrogens is 264 g/mol. The van der Waals surface area contributed by atoms with Crippen molar-refractivity contribution in [2.45, 2.75) is 13.3 Å². The molecule has 19 heavy (non-hydrogen) atoms. The van der Waals surface area contributed by atoms with Gasteiger partial charge in [-0.25, -0.2) is 0 Å². The summed E-state index contributed by atoms with van der Waals surface area (Å²) in [7, 11) is 0. The zero-order chi connectivity index (χ0) is 14.0. The Kier molecular flexibility index (Phi) is 3.94. The van der Waals surface area contributed by atoms with E-state index in [1.165, 1.54) is 31.1 Å². The SMILES string of the molecule is CC(=O)SCC1CC(=O)N(c2c(N)cncc2N)C1. The Morgan fingerprint density at radius 1 is 1.47 bits per heavy atom. The average molecular weight is 280 g/mol. The summed E-state index contributed by atoms with van der Waals surface area (Å²) in [6.07, 6.45) is 3.38. The van der Waals surface area contributed by atoms with Gasteiger partial charge in [-0.15, -0.1) is 0 Å². The molecule has 1 atom stereocenters. The highest BCUT2D eigenvalue weighted by Crippen LogP contribution is 2.34. The summed E-state index contributed by atoms with van der Waals surface area (Å²) in [5, 5.41) is 0.0637. The smallest absolute Gasteiger partial charge is 0.227 e. The number of nitrogens with two attached hydrogens (primary N) is 2. The lowest BCUT2D eigenvalue weighted by atomic mass is 10.1. The molecule has 1 saturated heterocycles. The zero-order valence-electron chi connectivity index (χ0n) is 10.6. The zero-order valence-corrected chi connectivity index (χ0v) is 11.4. The van der Waals surface area contributed by atoms with Crippen LogP contribution in [0.5, 0.6) is 0 Å². The molecule has 2 rings (SSSR count). The van der Waals surface area contributed by atoms with Gasteiger partial charge in [-0.3, -0.25) is 14.6 Å². The molecule has 0 saturated carbocycles. The number of nitrogens with zero attached hydrogens (tertiary/aromatic N) is 2. The lowest BCUT2D eigenvalue weighted by Crippen LogP contribution is -2.26. The van der Waals surface area contributed by atoms with Crippen molar-refractivity contribution in [1.82, 2.24) is 4.98 Å². The quantitative estimate of drug-likeness (QED) is 0.852. The number of carbonyl (C=O) groups is 2. The van der Waals surface area contributed by atoms with E-state index in [2.05, 4.69) is 4.98 Å². The first-order valence-corrected chi connectivity index (χ1v) is 6.90. The van der Waals surface area contributed by atoms with Gasteiger partial charge >= 0.3 is 0 Å². The van der Waals surface area contributed by atoms with Crippen molar-refractivity contribution in [3.8, 4) is 0 Å². The summed E-state index contributed by atoms with van der Waals surface area (Å²) in [6, 6.07) is 0. The fourth-order valence-electron chi connectivity index (χ4n) is 2.14. The van der Waals surface area contributed by atoms with Crippen LogP contribution in [-0.2, 0) is 9.59 Å². The van der Waals surface area contributed by atoms with Crippen LogP contribution >= 0.6 is 11.8 Å². The molecule has 2 heterocycles. The summed E-state index contributed by atoms with van der Waals surface area (Å²) >= 11 is 1.24. The first-order valence-electron chi connectivity index (χ1n) is 5.91. The second-order valence-corrected chi connectivity index (χ2v) is 5.74. The molecule has 1 aromatic rings. The van der Waals surface area contributed by atoms with E-state index < -0.39 is 0 Å². The lowest BCUT2D eigenvalue weighted by molar-refractivity contribution is -0.117. The third-order valence-electron chi connectivity index (χ3n) is 2.97. The molecule has 0 spiro atoms. The van der Waals surface area contributed by atoms with E-state index >= 15 is 0 Å². The van der Waals surface area contributed by atoms with Crippen LogP contribution in [0.15, 0.2) is 12.4 Å². The van der Waals surface area contributed by atoms with Gasteiger partial charge < -0.3 is 16.4 Å². The van der Waals surface area contributed by atoms with E-state index in [1.54, 1.807) is 4.90 Å². The normalized spacial score (nSPS) is 18.9. The van der Waals surface area contributed by atoms with Gasteiger partial charge in [0.25, 0.3) is 0 Å². The number of pyridine rings is 1. The molecular formula is C12H16N4O2S. The Bertz CT molecular complexity index is 500. The molecule has 1 aliphatic rings. The lowest BCUT2D eigenvalue weighted by Gasteiger charge is -2.20. The van der Waals surface area contributed by atoms with Crippen molar-refractivity contribution in [1.29, 1.82) is 0 Å². The highest BCUT2D eigenvalue weighted by Gasteiger charge is 2.32. The number of amides is 1. The molecule has 0 aromatic carbocycles. The summed E-state index contributed by atoms with van der Waals surface area (Å²) in [5.41, 5.74) is 13.0. The van der Waals surface area contributed by atoms with Crippen LogP contribution in [0.2, 0.25) is 0 Å². The number of hydrogen-bond donors (Lipinski definition) is 2. The van der Waals surface area contributed by atoms with Crippen LogP contribution in [0, 0.1) is 5.92 Å². The van der Waals surface area contributed by atoms with Gasteiger partial charge in [-0.1, -0.05) is 11.8 Å². The van der Waals surface area contributed by atoms with Gasteiger partial charge in [0.2, 0.25) is 5.91 Å². The van der Waals surface area contributed by atoms with E-state index in [4.69, 9.17) is 11.5 Å². The van der Waals surface area contributed by atoms with Gasteiger partial charge in [0.15, 0.2) is 5.12 Å². The minimum atomic E-state index is -0.0150. The van der Waals surface area contributed by atoms with E-state index in [-0.39, 0.29) is 16.9 Å². The van der Waals surface area contributed by atoms with E-state index in [9.17, 15) is 9.59 Å². The maximum atomic E-state index is 12.0. The number of thioether (sulfide) groups is 1. The Balaban J connectivity index is 2.14. The van der Waals surface area contributed by atoms with Gasteiger partial charge in [0, 0.05) is 25.6 Å². The maximum Gasteiger partial charge on any atom is 0.227 e. The molecule has 1 aliphatic heterocycles. The largest absolute Gasteiger partial charge is 0.396 e. The van der Waals surface area contributed by atoms with Crippen molar-refractivity contribution in [3.63, 3.8) is 0 Å². The molecule has 1 amide bonds. The number of nitrogen functional groups attached to an aromatic ring is 2. The Morgan fingerprint density at radius 2 is 2.11 bits per heavy atom. The Hall–Kier alpha value is -1.76. The number of anilines is 3. The number of hydrogen-bond acceptors (Lipinski definition) is 6. The minimum absolute atomic E-state index is 0.0150. The van der Waals surface area contributed by atoms with Gasteiger partial charge in [0.1, 0.15) is 0 Å². The van der Waals surface area contributed by atoms with Crippen LogP contribution in [0.3, 0.4) is 0 Å². The molecule has 1 fully saturated rings. The Morgan fingerprint density at radius 3 is 2.68 bits per heavy atom. The summed E-state index contributed by atoms with van der Waals surface area (Å²) in [5.74, 6) is 0.773. The van der Waals surface area contributed by atoms with Gasteiger partial charge in [0.05, 0.1) is 29.5 Å². The Labute approximate surface area is 115 Å². The van der Waals surface area contributed by atoms with Crippen molar-refractivity contribution >= 4 is 39.8 Å². The third kappa shape index (κ3) is 2.98. The molecule has 0 aliphatic carbocycles. The highest BCUT2D eigenvalue weighted by atomic mass is 32.2. The molecule has 4 N–H and O–H groups in total. The summed E-state index contributed by atoms with van der Waals surface area (Å²) < 4.78 is 0. The first kappa shape index (κ1) is 13.7. The van der Waals surface area contributed by atoms with Crippen molar-refractivity contribution < 1.29 is 9.59 Å². The maximum absolute atomic E-state index is 12.0. The number of rotatable bonds is 3. The fourth-order valence-corrected chi connectivity index (χ4v) is 2.84. The van der Waals surface area contributed by atoms with Crippen LogP contribution in [0.25, 0.3) is 0 Å². The summed E-state index contributed by atoms with van der Waals surface area (Å²) in [6.45, 7) is 2.07. The molecule has 7 heteroatoms. The van der Waals surface area contributed by atoms with Crippen LogP contribution in [0.1, 0.15) is 13.3 Å². The van der Waals surface area contributed by atoms with Crippen molar-refractivity contribution in [3.05, 3.63) is 12.4 Å². The molecule has 1 unspecified atom stereocenters. The topological polar surface area (TPSA) is 102 Å². The number of carbonyl (C=O) groups excluding carboxylic acids is 2. The molecule has 0 bridgehead atoms. The fraction of sp³-hybridized carbons (Fsp3) is 0.417. The predicted molar refractivity (Wildman–Crippen MR) is 76.7 cm³/mol. The second kappa shape index (κ2) is 5.48. The van der Waals surface area contributed by atoms with Gasteiger partial charge in [-0.2, -0.15) is 0 Å². The number of aromatic nitrogens is 1. The van der Waals surface area contributed by atoms with E-state index in [1.807, 2.05) is 0 Å². The van der Waals surface area contributed by atoms with Crippen LogP contribution < -0.4 is 16.4 Å². The van der Waals surface area contributed by atoms with Gasteiger partial charge in [-0.05, 0) is 5.92 Å². The third-order valence-corrected chi connectivity index (χ3v) is 4.02. The van der Waals surface area contributed by atoms with E-state index in [0.717, 1.165) is 0 Å². The van der Waals surface area contributed by atoms with Crippen molar-refractivity contribution in [2.75, 3.05) is 28.7 Å². The van der Waals surface area contributed by atoms with E-state index in [0.29, 0.717) is 35.8 Å². The van der Waals surface area contributed by atoms with Crippen molar-refractivity contribution in [2.24, 2.45) is 5.92 Å². The monoisotopic (exact) mass is 280 g/mol. The van der Waals surface area contributed by atoms with Crippen LogP contribution in [-0.4, -0.2) is 28.3 Å². The standard InChI is InChI=1S/C12H16N4O2S/c1-7(17)19-6-8-2-11(18)16(5-8)12-9(13)3-15-4-10(12)14/h3-4,8H,2,5-6,13-14H2,1H3. The molecule has 102 valence electrons. The molecule has 6 nitrogen and oxygen atoms in total. The second-order valence-electron chi connectivity index (χ2n) is 4.54. The average Bonchev–Trinajstić information content (AvgIpc) is 2.68.